The molecule has 1 atom stereocenters. The Hall–Kier alpha value is -6.29. The number of urea groups is 1. The van der Waals surface area contributed by atoms with Gasteiger partial charge in [-0.15, -0.1) is 11.3 Å². The van der Waals surface area contributed by atoms with Crippen molar-refractivity contribution >= 4 is 85.2 Å². The number of esters is 2. The molecule has 18 nitrogen and oxygen atoms in total. The first-order valence-corrected chi connectivity index (χ1v) is 27.3. The number of likely N-dealkylation sites (tertiary alicyclic amines) is 1. The number of aromatic nitrogens is 2. The Morgan fingerprint density at radius 3 is 2.23 bits per heavy atom. The summed E-state index contributed by atoms with van der Waals surface area (Å²) in [7, 11) is -2.33. The average molecular weight is 1080 g/mol. The number of aryl methyl sites for hydroxylation is 1. The summed E-state index contributed by atoms with van der Waals surface area (Å²) >= 11 is 7.94. The van der Waals surface area contributed by atoms with Gasteiger partial charge in [0.15, 0.2) is 23.1 Å². The van der Waals surface area contributed by atoms with Crippen molar-refractivity contribution in [2.45, 2.75) is 115 Å². The molecule has 4 amide bonds. The van der Waals surface area contributed by atoms with Crippen LogP contribution in [0.3, 0.4) is 0 Å². The van der Waals surface area contributed by atoms with Gasteiger partial charge in [-0.3, -0.25) is 24.0 Å². The van der Waals surface area contributed by atoms with Crippen LogP contribution >= 0.6 is 22.9 Å². The minimum atomic E-state index is -3.97. The van der Waals surface area contributed by atoms with E-state index in [1.807, 2.05) is 42.5 Å². The van der Waals surface area contributed by atoms with Gasteiger partial charge in [0.05, 0.1) is 27.4 Å². The Labute approximate surface area is 437 Å². The van der Waals surface area contributed by atoms with Gasteiger partial charge in [-0.25, -0.2) is 36.3 Å². The number of ether oxygens (including phenoxy) is 3. The summed E-state index contributed by atoms with van der Waals surface area (Å²) in [6.45, 7) is 11.0. The second kappa shape index (κ2) is 21.5. The minimum absolute atomic E-state index is 0.00931. The standard InChI is InChI=1S/C52H61ClFN7O11S2/c1-51(2,3)71-41(63)28-70-44-42(53)45(73-46(44)48(65)72-52(4,5)6)32-10-8-12-35(26-32)55-34-20-24-60(25-21-34)74(68,69)29-33-11-9-13-36(43(33)54)56-49(66)59-22-18-30(19-23-59)31-14-15-37-39(27-31)58(7)50(67)61(37)38-16-17-40(62)57-47(38)64/h8-15,26-27,30,34,38,55H,16-25,28-29H2,1-7H3,(H,56,66)(H,57,62,64). The summed E-state index contributed by atoms with van der Waals surface area (Å²) in [4.78, 5) is 79.2. The van der Waals surface area contributed by atoms with Gasteiger partial charge in [0, 0.05) is 56.9 Å². The number of rotatable bonds is 13. The van der Waals surface area contributed by atoms with E-state index in [9.17, 15) is 37.2 Å². The zero-order valence-corrected chi connectivity index (χ0v) is 44.7. The van der Waals surface area contributed by atoms with E-state index in [1.165, 1.54) is 31.6 Å². The normalized spacial score (nSPS) is 17.5. The van der Waals surface area contributed by atoms with Crippen molar-refractivity contribution in [3.63, 3.8) is 0 Å². The third kappa shape index (κ3) is 12.3. The maximum absolute atomic E-state index is 16.0. The highest BCUT2D eigenvalue weighted by molar-refractivity contribution is 7.88. The van der Waals surface area contributed by atoms with Gasteiger partial charge in [0.2, 0.25) is 21.8 Å². The van der Waals surface area contributed by atoms with E-state index >= 15 is 4.39 Å². The molecule has 2 aromatic heterocycles. The Kier molecular flexibility index (Phi) is 15.7. The lowest BCUT2D eigenvalue weighted by atomic mass is 9.89. The fourth-order valence-corrected chi connectivity index (χ4v) is 12.5. The first kappa shape index (κ1) is 54.0. The van der Waals surface area contributed by atoms with E-state index in [2.05, 4.69) is 16.0 Å². The number of hydrogen-bond acceptors (Lipinski definition) is 13. The van der Waals surface area contributed by atoms with Gasteiger partial charge in [-0.2, -0.15) is 0 Å². The molecule has 0 bridgehead atoms. The van der Waals surface area contributed by atoms with Crippen molar-refractivity contribution in [2.24, 2.45) is 7.05 Å². The lowest BCUT2D eigenvalue weighted by Crippen LogP contribution is -2.44. The third-order valence-electron chi connectivity index (χ3n) is 13.0. The molecule has 1 unspecified atom stereocenters. The number of imide groups is 1. The first-order chi connectivity index (χ1) is 34.9. The van der Waals surface area contributed by atoms with Crippen molar-refractivity contribution in [2.75, 3.05) is 43.4 Å². The molecular weight excluding hydrogens is 1020 g/mol. The van der Waals surface area contributed by atoms with Crippen LogP contribution in [-0.2, 0) is 46.7 Å². The third-order valence-corrected chi connectivity index (χ3v) is 16.5. The highest BCUT2D eigenvalue weighted by atomic mass is 35.5. The van der Waals surface area contributed by atoms with Crippen molar-refractivity contribution in [1.29, 1.82) is 0 Å². The van der Waals surface area contributed by atoms with E-state index in [-0.39, 0.29) is 76.4 Å². The van der Waals surface area contributed by atoms with Crippen molar-refractivity contribution in [1.82, 2.24) is 23.7 Å². The molecule has 3 aliphatic rings. The largest absolute Gasteiger partial charge is 0.479 e. The summed E-state index contributed by atoms with van der Waals surface area (Å²) < 4.78 is 64.6. The number of imidazole rings is 1. The number of thiophene rings is 1. The Balaban J connectivity index is 0.852. The second-order valence-corrected chi connectivity index (χ2v) is 24.2. The molecule has 3 N–H and O–H groups in total. The molecule has 0 saturated carbocycles. The summed E-state index contributed by atoms with van der Waals surface area (Å²) in [5.41, 5.74) is 1.47. The van der Waals surface area contributed by atoms with E-state index in [1.54, 1.807) is 53.5 Å². The zero-order chi connectivity index (χ0) is 53.4. The Morgan fingerprint density at radius 2 is 1.55 bits per heavy atom. The number of benzene rings is 3. The van der Waals surface area contributed by atoms with E-state index < -0.39 is 69.3 Å². The number of nitrogens with one attached hydrogen (secondary N) is 3. The first-order valence-electron chi connectivity index (χ1n) is 24.5. The summed E-state index contributed by atoms with van der Waals surface area (Å²) in [5.74, 6) is -3.53. The molecule has 0 radical (unpaired) electrons. The predicted molar refractivity (Wildman–Crippen MR) is 280 cm³/mol. The maximum atomic E-state index is 16.0. The number of carbonyl (C=O) groups is 5. The number of nitrogens with zero attached hydrogens (tertiary/aromatic N) is 4. The van der Waals surface area contributed by atoms with Crippen LogP contribution < -0.4 is 26.4 Å². The molecule has 0 spiro atoms. The molecule has 5 aromatic rings. The summed E-state index contributed by atoms with van der Waals surface area (Å²) in [6, 6.07) is 15.9. The minimum Gasteiger partial charge on any atom is -0.479 e. The smallest absolute Gasteiger partial charge is 0.352 e. The van der Waals surface area contributed by atoms with Crippen LogP contribution in [-0.4, -0.2) is 107 Å². The Morgan fingerprint density at radius 1 is 0.865 bits per heavy atom. The van der Waals surface area contributed by atoms with E-state index in [4.69, 9.17) is 25.8 Å². The van der Waals surface area contributed by atoms with Crippen LogP contribution in [0.2, 0.25) is 5.02 Å². The van der Waals surface area contributed by atoms with Gasteiger partial charge in [0.25, 0.3) is 0 Å². The molecule has 74 heavy (non-hydrogen) atoms. The highest BCUT2D eigenvalue weighted by Gasteiger charge is 2.34. The monoisotopic (exact) mass is 1080 g/mol. The predicted octanol–water partition coefficient (Wildman–Crippen LogP) is 8.33. The SMILES string of the molecule is Cn1c(=O)n(C2CCC(=O)NC2=O)c2ccc(C3CCN(C(=O)Nc4cccc(CS(=O)(=O)N5CCC(Nc6cccc(-c7sc(C(=O)OC(C)(C)C)c(OCC(=O)OC(C)(C)C)c7Cl)c6)CC5)c4F)CC3)cc21. The number of halogens is 2. The summed E-state index contributed by atoms with van der Waals surface area (Å²) in [5, 5.41) is 8.58. The molecule has 3 aromatic carbocycles. The number of fused-ring (bicyclic) bond motifs is 1. The van der Waals surface area contributed by atoms with Crippen LogP contribution in [0.25, 0.3) is 21.5 Å². The van der Waals surface area contributed by atoms with Gasteiger partial charge in [-0.1, -0.05) is 41.9 Å². The van der Waals surface area contributed by atoms with Crippen molar-refractivity contribution in [3.8, 4) is 16.2 Å². The van der Waals surface area contributed by atoms with E-state index in [0.717, 1.165) is 22.6 Å². The fraction of sp³-hybridized carbons (Fsp3) is 0.462. The second-order valence-electron chi connectivity index (χ2n) is 20.8. The number of sulfonamides is 1. The highest BCUT2D eigenvalue weighted by Crippen LogP contribution is 2.47. The van der Waals surface area contributed by atoms with Crippen LogP contribution in [0.15, 0.2) is 65.5 Å². The molecule has 8 rings (SSSR count). The van der Waals surface area contributed by atoms with Gasteiger partial charge in [-0.05, 0) is 121 Å². The van der Waals surface area contributed by atoms with Gasteiger partial charge in [0.1, 0.15) is 22.3 Å². The molecule has 396 valence electrons. The number of piperidine rings is 3. The van der Waals surface area contributed by atoms with Crippen LogP contribution in [0.5, 0.6) is 5.75 Å². The summed E-state index contributed by atoms with van der Waals surface area (Å²) in [6.07, 6.45) is 2.48. The molecule has 3 saturated heterocycles. The topological polar surface area (TPSA) is 217 Å². The number of hydrogen-bond donors (Lipinski definition) is 3. The fourth-order valence-electron chi connectivity index (χ4n) is 9.49. The van der Waals surface area contributed by atoms with Gasteiger partial charge >= 0.3 is 23.7 Å². The van der Waals surface area contributed by atoms with Crippen LogP contribution in [0.1, 0.15) is 113 Å². The van der Waals surface area contributed by atoms with Gasteiger partial charge < -0.3 is 29.7 Å². The van der Waals surface area contributed by atoms with E-state index in [0.29, 0.717) is 60.2 Å². The average Bonchev–Trinajstić information content (AvgIpc) is 3.79. The number of carbonyl (C=O) groups excluding carboxylic acids is 5. The molecule has 3 aliphatic heterocycles. The molecule has 0 aliphatic carbocycles. The molecule has 5 heterocycles. The Bertz CT molecular complexity index is 3180. The number of anilines is 2. The van der Waals surface area contributed by atoms with Crippen molar-refractivity contribution < 1.29 is 51.0 Å². The lowest BCUT2D eigenvalue weighted by molar-refractivity contribution is -0.157. The van der Waals surface area contributed by atoms with Crippen LogP contribution in [0, 0.1) is 5.82 Å². The molecule has 3 fully saturated rings. The quantitative estimate of drug-likeness (QED) is 0.0749. The molecule has 22 heteroatoms. The molecular formula is C52H61ClFN7O11S2. The van der Waals surface area contributed by atoms with Crippen molar-refractivity contribution in [3.05, 3.63) is 98.0 Å². The zero-order valence-electron chi connectivity index (χ0n) is 42.3. The van der Waals surface area contributed by atoms with Crippen LogP contribution in [0.4, 0.5) is 20.6 Å². The maximum Gasteiger partial charge on any atom is 0.352 e. The lowest BCUT2D eigenvalue weighted by Gasteiger charge is -2.32. The number of amides is 4.